The number of hydrogen-bond acceptors (Lipinski definition) is 4. The molecule has 0 amide bonds. The molecule has 0 saturated heterocycles. The zero-order valence-corrected chi connectivity index (χ0v) is 25.5. The summed E-state index contributed by atoms with van der Waals surface area (Å²) in [4.78, 5) is 22.7. The van der Waals surface area contributed by atoms with Crippen molar-refractivity contribution in [2.75, 3.05) is 0 Å². The van der Waals surface area contributed by atoms with Crippen LogP contribution in [0.2, 0.25) is 8.87 Å². The monoisotopic (exact) mass is 572 g/mol. The van der Waals surface area contributed by atoms with E-state index in [0.29, 0.717) is 24.7 Å². The molecule has 0 fully saturated rings. The zero-order chi connectivity index (χ0) is 25.5. The van der Waals surface area contributed by atoms with Gasteiger partial charge < -0.3 is 19.8 Å². The summed E-state index contributed by atoms with van der Waals surface area (Å²) in [5.41, 5.74) is -0.133. The Morgan fingerprint density at radius 2 is 0.970 bits per heavy atom. The molecule has 0 rings (SSSR count). The van der Waals surface area contributed by atoms with Crippen LogP contribution in [-0.2, 0) is 9.59 Å². The van der Waals surface area contributed by atoms with E-state index in [9.17, 15) is 19.8 Å². The van der Waals surface area contributed by atoms with Crippen molar-refractivity contribution in [3.05, 3.63) is 11.1 Å². The summed E-state index contributed by atoms with van der Waals surface area (Å²) in [5, 5.41) is 22.7. The molecule has 0 aliphatic carbocycles. The van der Waals surface area contributed by atoms with E-state index in [0.717, 1.165) is 38.5 Å². The van der Waals surface area contributed by atoms with Crippen LogP contribution in [0.3, 0.4) is 0 Å². The molecule has 0 heterocycles. The van der Waals surface area contributed by atoms with Crippen molar-refractivity contribution in [1.29, 1.82) is 0 Å². The molecule has 5 heteroatoms. The van der Waals surface area contributed by atoms with Crippen LogP contribution in [0.4, 0.5) is 0 Å². The van der Waals surface area contributed by atoms with E-state index in [4.69, 9.17) is 0 Å². The van der Waals surface area contributed by atoms with Gasteiger partial charge in [0.2, 0.25) is 0 Å². The van der Waals surface area contributed by atoms with Gasteiger partial charge in [-0.1, -0.05) is 66.2 Å². The minimum absolute atomic E-state index is 0.0663. The third-order valence-electron chi connectivity index (χ3n) is 5.69. The van der Waals surface area contributed by atoms with E-state index in [-0.39, 0.29) is 45.1 Å². The number of aliphatic carboxylic acids is 2. The number of carboxylic acids is 2. The second-order valence-corrected chi connectivity index (χ2v) is 14.3. The van der Waals surface area contributed by atoms with Crippen molar-refractivity contribution >= 4 is 33.1 Å². The summed E-state index contributed by atoms with van der Waals surface area (Å²) in [5.74, 6) is -1.46. The number of carboxylic acid groups (broad SMARTS) is 2. The molecule has 0 aliphatic rings. The van der Waals surface area contributed by atoms with E-state index in [1.165, 1.54) is 25.7 Å². The van der Waals surface area contributed by atoms with Crippen LogP contribution < -0.4 is 10.2 Å². The molecule has 192 valence electrons. The summed E-state index contributed by atoms with van der Waals surface area (Å²) in [6, 6.07) is 0. The summed E-state index contributed by atoms with van der Waals surface area (Å²) in [6.45, 7) is 13.2. The van der Waals surface area contributed by atoms with Crippen LogP contribution in [0.5, 0.6) is 0 Å². The van der Waals surface area contributed by atoms with Gasteiger partial charge in [-0.05, 0) is 48.7 Å². The van der Waals surface area contributed by atoms with Gasteiger partial charge in [0.05, 0.1) is 11.9 Å². The molecule has 0 bridgehead atoms. The van der Waals surface area contributed by atoms with E-state index < -0.39 is 11.9 Å². The molecule has 0 atom stereocenters. The molecular formula is C28H52O4Sn. The summed E-state index contributed by atoms with van der Waals surface area (Å²) >= 11 is 0.149. The van der Waals surface area contributed by atoms with Gasteiger partial charge in [-0.2, -0.15) is 0 Å². The zero-order valence-electron chi connectivity index (χ0n) is 22.6. The first-order valence-electron chi connectivity index (χ1n) is 13.5. The molecule has 0 saturated carbocycles. The Morgan fingerprint density at radius 1 is 0.606 bits per heavy atom. The number of carbonyl (C=O) groups excluding carboxylic acids is 2. The third kappa shape index (κ3) is 24.4. The van der Waals surface area contributed by atoms with Crippen molar-refractivity contribution in [1.82, 2.24) is 0 Å². The fourth-order valence-corrected chi connectivity index (χ4v) is 7.70. The van der Waals surface area contributed by atoms with E-state index >= 15 is 0 Å². The summed E-state index contributed by atoms with van der Waals surface area (Å²) in [7, 11) is 0. The predicted molar refractivity (Wildman–Crippen MR) is 138 cm³/mol. The van der Waals surface area contributed by atoms with Crippen molar-refractivity contribution < 1.29 is 19.8 Å². The van der Waals surface area contributed by atoms with E-state index in [1.807, 2.05) is 0 Å². The molecule has 0 radical (unpaired) electrons. The SMILES string of the molecule is CC(C)CCCCCC(C(=O)[O-])=C(CCCCCC(C)C)C(=O)[O-].CCC[CH2][Sn+2][CH2]CCC. The van der Waals surface area contributed by atoms with Crippen LogP contribution in [0.25, 0.3) is 0 Å². The Bertz CT molecular complexity index is 468. The van der Waals surface area contributed by atoms with Gasteiger partial charge in [0.1, 0.15) is 0 Å². The second-order valence-electron chi connectivity index (χ2n) is 9.98. The topological polar surface area (TPSA) is 80.3 Å². The molecule has 0 aromatic rings. The Morgan fingerprint density at radius 3 is 1.24 bits per heavy atom. The molecule has 0 unspecified atom stereocenters. The molecule has 33 heavy (non-hydrogen) atoms. The van der Waals surface area contributed by atoms with Gasteiger partial charge in [-0.25, -0.2) is 0 Å². The maximum absolute atomic E-state index is 11.3. The van der Waals surface area contributed by atoms with Crippen molar-refractivity contribution in [2.24, 2.45) is 11.8 Å². The maximum atomic E-state index is 11.3. The first-order chi connectivity index (χ1) is 15.7. The molecule has 0 N–H and O–H groups in total. The molecule has 0 aromatic heterocycles. The van der Waals surface area contributed by atoms with Crippen molar-refractivity contribution in [3.63, 3.8) is 0 Å². The van der Waals surface area contributed by atoms with Gasteiger partial charge in [-0.15, -0.1) is 0 Å². The van der Waals surface area contributed by atoms with Gasteiger partial charge in [0.25, 0.3) is 0 Å². The average molecular weight is 571 g/mol. The summed E-state index contributed by atoms with van der Waals surface area (Å²) < 4.78 is 3.25. The van der Waals surface area contributed by atoms with Gasteiger partial charge in [0, 0.05) is 0 Å². The Hall–Kier alpha value is -0.521. The molecule has 4 nitrogen and oxygen atoms in total. The van der Waals surface area contributed by atoms with Crippen molar-refractivity contribution in [2.45, 2.75) is 140 Å². The van der Waals surface area contributed by atoms with Crippen LogP contribution in [-0.4, -0.2) is 33.1 Å². The van der Waals surface area contributed by atoms with Crippen LogP contribution in [0, 0.1) is 11.8 Å². The standard InChI is InChI=1S/C20H36O4.2C4H9.Sn/c1-15(2)11-7-5-9-13-17(19(21)22)18(20(23)24)14-10-6-8-12-16(3)4;2*1-3-4-2;/h15-16H,5-14H2,1-4H3,(H,21,22)(H,23,24);2*1,3-4H2,2H3;/q;;;+2/p-2. The molecular weight excluding hydrogens is 519 g/mol. The van der Waals surface area contributed by atoms with Crippen LogP contribution >= 0.6 is 0 Å². The first-order valence-corrected chi connectivity index (χ1v) is 17.6. The fourth-order valence-electron chi connectivity index (χ4n) is 3.54. The number of hydrogen-bond donors (Lipinski definition) is 0. The predicted octanol–water partition coefficient (Wildman–Crippen LogP) is 6.12. The quantitative estimate of drug-likeness (QED) is 0.100. The molecule has 0 aliphatic heterocycles. The van der Waals surface area contributed by atoms with Crippen molar-refractivity contribution in [3.8, 4) is 0 Å². The van der Waals surface area contributed by atoms with Crippen LogP contribution in [0.1, 0.15) is 131 Å². The van der Waals surface area contributed by atoms with Gasteiger partial charge in [0.15, 0.2) is 0 Å². The Kier molecular flexibility index (Phi) is 25.8. The van der Waals surface area contributed by atoms with E-state index in [1.54, 1.807) is 8.87 Å². The molecule has 0 aromatic carbocycles. The number of unbranched alkanes of at least 4 members (excludes halogenated alkanes) is 6. The Labute approximate surface area is 215 Å². The average Bonchev–Trinajstić information content (AvgIpc) is 2.73. The number of rotatable bonds is 20. The molecule has 0 spiro atoms. The first kappa shape index (κ1) is 34.6. The van der Waals surface area contributed by atoms with E-state index in [2.05, 4.69) is 41.5 Å². The third-order valence-corrected chi connectivity index (χ3v) is 9.72. The van der Waals surface area contributed by atoms with Gasteiger partial charge in [-0.3, -0.25) is 0 Å². The second kappa shape index (κ2) is 24.6. The number of carbonyl (C=O) groups is 2. The fraction of sp³-hybridized carbons (Fsp3) is 0.857. The Balaban J connectivity index is 0. The van der Waals surface area contributed by atoms with Gasteiger partial charge >= 0.3 is 69.5 Å². The summed E-state index contributed by atoms with van der Waals surface area (Å²) in [6.07, 6.45) is 13.8. The normalized spacial score (nSPS) is 11.6. The minimum atomic E-state index is -1.36. The van der Waals surface area contributed by atoms with Crippen LogP contribution in [0.15, 0.2) is 11.1 Å².